The van der Waals surface area contributed by atoms with Crippen LogP contribution in [0.1, 0.15) is 30.0 Å². The van der Waals surface area contributed by atoms with Gasteiger partial charge >= 0.3 is 0 Å². The molecule has 0 bridgehead atoms. The first kappa shape index (κ1) is 26.2. The maximum atomic E-state index is 13.3. The molecule has 0 aromatic heterocycles. The molecule has 5 rings (SSSR count). The third kappa shape index (κ3) is 6.03. The zero-order chi connectivity index (χ0) is 27.2. The number of carbonyl (C=O) groups excluding carboxylic acids is 1. The molecule has 1 heterocycles. The van der Waals surface area contributed by atoms with Gasteiger partial charge in [0.25, 0.3) is 15.9 Å². The summed E-state index contributed by atoms with van der Waals surface area (Å²) in [5.74, 6) is -0.303. The number of carbonyl (C=O) groups is 1. The molecule has 1 aliphatic heterocycles. The molecule has 4 aromatic carbocycles. The van der Waals surface area contributed by atoms with E-state index in [0.29, 0.717) is 28.2 Å². The third-order valence-corrected chi connectivity index (χ3v) is 7.74. The van der Waals surface area contributed by atoms with E-state index in [1.54, 1.807) is 36.4 Å². The Labute approximate surface area is 229 Å². The average Bonchev–Trinajstić information content (AvgIpc) is 3.28. The maximum absolute atomic E-state index is 13.3. The van der Waals surface area contributed by atoms with E-state index in [9.17, 15) is 13.2 Å². The van der Waals surface area contributed by atoms with Gasteiger partial charge in [0, 0.05) is 29.2 Å². The predicted molar refractivity (Wildman–Crippen MR) is 158 cm³/mol. The molecule has 0 saturated heterocycles. The van der Waals surface area contributed by atoms with Gasteiger partial charge in [0.05, 0.1) is 16.2 Å². The Morgan fingerprint density at radius 1 is 0.821 bits per heavy atom. The number of hydrogen-bond acceptors (Lipinski definition) is 5. The number of anilines is 3. The molecule has 4 aromatic rings. The predicted octanol–water partition coefficient (Wildman–Crippen LogP) is 5.92. The Hall–Kier alpha value is -4.40. The van der Waals surface area contributed by atoms with Crippen LogP contribution in [0.25, 0.3) is 11.3 Å². The van der Waals surface area contributed by atoms with E-state index in [0.717, 1.165) is 36.3 Å². The van der Waals surface area contributed by atoms with E-state index < -0.39 is 10.0 Å². The van der Waals surface area contributed by atoms with E-state index in [1.807, 2.05) is 60.7 Å². The quantitative estimate of drug-likeness (QED) is 0.148. The largest absolute Gasteiger partial charge is 0.354 e. The minimum absolute atomic E-state index is 0.0652. The zero-order valence-corrected chi connectivity index (χ0v) is 22.4. The first-order valence-electron chi connectivity index (χ1n) is 12.8. The fraction of sp³-hybridized carbons (Fsp3) is 0.129. The van der Waals surface area contributed by atoms with Crippen molar-refractivity contribution in [3.05, 3.63) is 120 Å². The summed E-state index contributed by atoms with van der Waals surface area (Å²) >= 11 is 0. The van der Waals surface area contributed by atoms with Crippen LogP contribution in [-0.4, -0.2) is 20.9 Å². The zero-order valence-electron chi connectivity index (χ0n) is 21.6. The molecule has 0 radical (unpaired) electrons. The summed E-state index contributed by atoms with van der Waals surface area (Å²) in [6.07, 6.45) is 1.07. The van der Waals surface area contributed by atoms with Gasteiger partial charge in [-0.2, -0.15) is 0 Å². The highest BCUT2D eigenvalue weighted by Gasteiger charge is 2.30. The highest BCUT2D eigenvalue weighted by Crippen LogP contribution is 2.39. The van der Waals surface area contributed by atoms with Crippen molar-refractivity contribution in [3.63, 3.8) is 0 Å². The molecule has 0 atom stereocenters. The van der Waals surface area contributed by atoms with Crippen molar-refractivity contribution in [2.75, 3.05) is 21.9 Å². The summed E-state index contributed by atoms with van der Waals surface area (Å²) in [6, 6.07) is 31.0. The number of benzene rings is 4. The van der Waals surface area contributed by atoms with Gasteiger partial charge in [0.2, 0.25) is 0 Å². The lowest BCUT2D eigenvalue weighted by molar-refractivity contribution is -0.110. The van der Waals surface area contributed by atoms with Gasteiger partial charge in [0.1, 0.15) is 0 Å². The summed E-state index contributed by atoms with van der Waals surface area (Å²) in [6.45, 7) is 3.87. The minimum atomic E-state index is -3.88. The second kappa shape index (κ2) is 11.6. The van der Waals surface area contributed by atoms with Gasteiger partial charge in [0.15, 0.2) is 0 Å². The van der Waals surface area contributed by atoms with Crippen LogP contribution in [0.15, 0.2) is 108 Å². The second-order valence-electron chi connectivity index (χ2n) is 9.25. The monoisotopic (exact) mass is 538 g/mol. The van der Waals surface area contributed by atoms with Crippen LogP contribution in [0.5, 0.6) is 0 Å². The Morgan fingerprint density at radius 2 is 1.51 bits per heavy atom. The summed E-state index contributed by atoms with van der Waals surface area (Å²) < 4.78 is 29.0. The smallest absolute Gasteiger partial charge is 0.261 e. The fourth-order valence-corrected chi connectivity index (χ4v) is 5.51. The standard InChI is InChI=1S/C31H30N4O3S/c1-2-19-32-21-22-13-15-24(16-14-22)33-30(23-9-5-3-6-10-23)29-27-20-26(17-18-28(27)34-31(29)36)39(37,38)35-25-11-7-4-8-12-25/h3-18,20,32-33,35H,2,19,21H2,1H3,(H,34,36). The molecule has 0 fully saturated rings. The van der Waals surface area contributed by atoms with Gasteiger partial charge in [-0.25, -0.2) is 8.42 Å². The molecule has 4 N–H and O–H groups in total. The Balaban J connectivity index is 1.54. The number of rotatable bonds is 10. The number of fused-ring (bicyclic) bond motifs is 1. The average molecular weight is 539 g/mol. The molecule has 0 unspecified atom stereocenters. The summed E-state index contributed by atoms with van der Waals surface area (Å²) in [5, 5.41) is 9.72. The Morgan fingerprint density at radius 3 is 2.21 bits per heavy atom. The van der Waals surface area contributed by atoms with Crippen molar-refractivity contribution in [1.82, 2.24) is 5.32 Å². The van der Waals surface area contributed by atoms with Crippen molar-refractivity contribution in [1.29, 1.82) is 0 Å². The highest BCUT2D eigenvalue weighted by molar-refractivity contribution is 7.92. The van der Waals surface area contributed by atoms with Gasteiger partial charge in [-0.1, -0.05) is 67.6 Å². The summed E-state index contributed by atoms with van der Waals surface area (Å²) in [4.78, 5) is 13.4. The van der Waals surface area contributed by atoms with Crippen LogP contribution < -0.4 is 20.7 Å². The van der Waals surface area contributed by atoms with Gasteiger partial charge in [-0.05, 0) is 66.6 Å². The van der Waals surface area contributed by atoms with Crippen LogP contribution in [0.4, 0.5) is 17.1 Å². The van der Waals surface area contributed by atoms with E-state index in [4.69, 9.17) is 0 Å². The van der Waals surface area contributed by atoms with E-state index >= 15 is 0 Å². The third-order valence-electron chi connectivity index (χ3n) is 6.36. The molecule has 7 nitrogen and oxygen atoms in total. The van der Waals surface area contributed by atoms with Gasteiger partial charge < -0.3 is 16.0 Å². The molecule has 0 aliphatic carbocycles. The lowest BCUT2D eigenvalue weighted by Gasteiger charge is -2.16. The van der Waals surface area contributed by atoms with Crippen molar-refractivity contribution >= 4 is 44.3 Å². The second-order valence-corrected chi connectivity index (χ2v) is 10.9. The maximum Gasteiger partial charge on any atom is 0.261 e. The van der Waals surface area contributed by atoms with Crippen molar-refractivity contribution < 1.29 is 13.2 Å². The van der Waals surface area contributed by atoms with Crippen LogP contribution in [0, 0.1) is 0 Å². The normalized spacial score (nSPS) is 13.9. The van der Waals surface area contributed by atoms with Gasteiger partial charge in [-0.15, -0.1) is 0 Å². The van der Waals surface area contributed by atoms with E-state index in [-0.39, 0.29) is 10.8 Å². The van der Waals surface area contributed by atoms with Crippen LogP contribution in [-0.2, 0) is 21.4 Å². The molecule has 198 valence electrons. The lowest BCUT2D eigenvalue weighted by atomic mass is 10.00. The fourth-order valence-electron chi connectivity index (χ4n) is 4.43. The van der Waals surface area contributed by atoms with E-state index in [1.165, 1.54) is 6.07 Å². The molecule has 8 heteroatoms. The number of amides is 1. The van der Waals surface area contributed by atoms with Crippen LogP contribution in [0.2, 0.25) is 0 Å². The topological polar surface area (TPSA) is 99.3 Å². The number of hydrogen-bond donors (Lipinski definition) is 4. The Bertz CT molecular complexity index is 1600. The summed E-state index contributed by atoms with van der Waals surface area (Å²) in [7, 11) is -3.88. The number of para-hydroxylation sites is 1. The molecule has 1 amide bonds. The molecule has 39 heavy (non-hydrogen) atoms. The molecule has 0 spiro atoms. The van der Waals surface area contributed by atoms with E-state index in [2.05, 4.69) is 27.6 Å². The Kier molecular flexibility index (Phi) is 7.76. The number of sulfonamides is 1. The first-order chi connectivity index (χ1) is 18.9. The van der Waals surface area contributed by atoms with Crippen LogP contribution >= 0.6 is 0 Å². The highest BCUT2D eigenvalue weighted by atomic mass is 32.2. The van der Waals surface area contributed by atoms with Gasteiger partial charge in [-0.3, -0.25) is 9.52 Å². The van der Waals surface area contributed by atoms with Crippen molar-refractivity contribution in [2.24, 2.45) is 0 Å². The van der Waals surface area contributed by atoms with Crippen molar-refractivity contribution in [2.45, 2.75) is 24.8 Å². The minimum Gasteiger partial charge on any atom is -0.354 e. The van der Waals surface area contributed by atoms with Crippen LogP contribution in [0.3, 0.4) is 0 Å². The first-order valence-corrected chi connectivity index (χ1v) is 14.3. The molecule has 0 saturated carbocycles. The molecular formula is C31H30N4O3S. The van der Waals surface area contributed by atoms with Crippen molar-refractivity contribution in [3.8, 4) is 0 Å². The molecular weight excluding hydrogens is 508 g/mol. The molecule has 1 aliphatic rings. The SMILES string of the molecule is CCCNCc1ccc(NC(=C2C(=O)Nc3ccc(S(=O)(=O)Nc4ccccc4)cc32)c2ccccc2)cc1. The summed E-state index contributed by atoms with van der Waals surface area (Å²) in [5.41, 5.74) is 5.28. The number of nitrogens with one attached hydrogen (secondary N) is 4. The lowest BCUT2D eigenvalue weighted by Crippen LogP contribution is -2.14.